The maximum atomic E-state index is 14.2. The molecule has 4 rings (SSSR count). The van der Waals surface area contributed by atoms with Crippen molar-refractivity contribution in [2.45, 2.75) is 13.1 Å². The number of rotatable bonds is 5. The zero-order chi connectivity index (χ0) is 21.4. The topological polar surface area (TPSA) is 105 Å². The second-order valence-electron chi connectivity index (χ2n) is 6.29. The molecule has 30 heavy (non-hydrogen) atoms. The van der Waals surface area contributed by atoms with Crippen molar-refractivity contribution in [3.8, 4) is 5.95 Å². The highest BCUT2D eigenvalue weighted by atomic mass is 19.2. The largest absolute Gasteiger partial charge is 0.355 e. The van der Waals surface area contributed by atoms with Crippen LogP contribution in [0.25, 0.3) is 5.95 Å². The van der Waals surface area contributed by atoms with Gasteiger partial charge in [0.05, 0.1) is 13.1 Å². The third-order valence-corrected chi connectivity index (χ3v) is 4.20. The van der Waals surface area contributed by atoms with Gasteiger partial charge in [0.2, 0.25) is 5.95 Å². The lowest BCUT2D eigenvalue weighted by molar-refractivity contribution is 0.482. The van der Waals surface area contributed by atoms with Crippen LogP contribution in [0, 0.1) is 17.5 Å². The minimum absolute atomic E-state index is 0.177. The SMILES string of the molecule is Cn1cnc(Cn2c(=O)nc(-n3cccn3)n(Cc3cc(F)c(F)cc3F)c2=O)n1. The van der Waals surface area contributed by atoms with Crippen LogP contribution in [0.4, 0.5) is 13.2 Å². The smallest absolute Gasteiger partial charge is 0.257 e. The summed E-state index contributed by atoms with van der Waals surface area (Å²) in [5, 5.41) is 7.94. The third kappa shape index (κ3) is 3.52. The van der Waals surface area contributed by atoms with Gasteiger partial charge in [0.25, 0.3) is 0 Å². The summed E-state index contributed by atoms with van der Waals surface area (Å²) < 4.78 is 45.3. The molecule has 0 radical (unpaired) electrons. The zero-order valence-electron chi connectivity index (χ0n) is 15.4. The molecule has 0 fully saturated rings. The van der Waals surface area contributed by atoms with Gasteiger partial charge in [-0.25, -0.2) is 37.0 Å². The van der Waals surface area contributed by atoms with Crippen LogP contribution in [0.3, 0.4) is 0 Å². The zero-order valence-corrected chi connectivity index (χ0v) is 15.4. The Labute approximate surface area is 165 Å². The van der Waals surface area contributed by atoms with Crippen molar-refractivity contribution in [3.05, 3.63) is 86.7 Å². The Morgan fingerprint density at radius 3 is 2.43 bits per heavy atom. The molecule has 0 aliphatic heterocycles. The van der Waals surface area contributed by atoms with E-state index in [9.17, 15) is 22.8 Å². The first-order valence-electron chi connectivity index (χ1n) is 8.53. The number of benzene rings is 1. The van der Waals surface area contributed by atoms with Crippen molar-refractivity contribution in [2.75, 3.05) is 0 Å². The summed E-state index contributed by atoms with van der Waals surface area (Å²) in [7, 11) is 1.61. The number of hydrogen-bond donors (Lipinski definition) is 0. The molecule has 1 aromatic carbocycles. The summed E-state index contributed by atoms with van der Waals surface area (Å²) in [6, 6.07) is 2.54. The number of nitrogens with zero attached hydrogens (tertiary/aromatic N) is 8. The first kappa shape index (κ1) is 19.3. The van der Waals surface area contributed by atoms with Gasteiger partial charge in [0.1, 0.15) is 12.1 Å². The molecular formula is C17H13F3N8O2. The molecule has 10 nitrogen and oxygen atoms in total. The van der Waals surface area contributed by atoms with E-state index in [1.807, 2.05) is 0 Å². The molecule has 0 N–H and O–H groups in total. The van der Waals surface area contributed by atoms with Crippen molar-refractivity contribution >= 4 is 0 Å². The van der Waals surface area contributed by atoms with E-state index in [1.165, 1.54) is 29.5 Å². The van der Waals surface area contributed by atoms with Gasteiger partial charge in [-0.1, -0.05) is 0 Å². The lowest BCUT2D eigenvalue weighted by Gasteiger charge is -2.14. The van der Waals surface area contributed by atoms with E-state index in [4.69, 9.17) is 0 Å². The number of halogens is 3. The van der Waals surface area contributed by atoms with Crippen LogP contribution in [0.2, 0.25) is 0 Å². The van der Waals surface area contributed by atoms with E-state index in [0.717, 1.165) is 13.8 Å². The van der Waals surface area contributed by atoms with Crippen LogP contribution in [-0.2, 0) is 20.1 Å². The van der Waals surface area contributed by atoms with Crippen LogP contribution >= 0.6 is 0 Å². The van der Waals surface area contributed by atoms with Crippen molar-refractivity contribution < 1.29 is 13.2 Å². The fourth-order valence-corrected chi connectivity index (χ4v) is 2.81. The summed E-state index contributed by atoms with van der Waals surface area (Å²) in [4.78, 5) is 33.4. The second kappa shape index (κ2) is 7.42. The molecule has 154 valence electrons. The Kier molecular flexibility index (Phi) is 4.77. The lowest BCUT2D eigenvalue weighted by atomic mass is 10.2. The van der Waals surface area contributed by atoms with Gasteiger partial charge in [-0.15, -0.1) is 0 Å². The molecule has 0 saturated heterocycles. The number of aromatic nitrogens is 8. The average molecular weight is 418 g/mol. The molecule has 0 atom stereocenters. The Bertz CT molecular complexity index is 1340. The maximum absolute atomic E-state index is 14.2. The second-order valence-corrected chi connectivity index (χ2v) is 6.29. The van der Waals surface area contributed by atoms with Crippen LogP contribution < -0.4 is 11.4 Å². The fourth-order valence-electron chi connectivity index (χ4n) is 2.81. The predicted octanol–water partition coefficient (Wildman–Crippen LogP) is 0.233. The molecule has 0 bridgehead atoms. The van der Waals surface area contributed by atoms with Crippen LogP contribution in [-0.4, -0.2) is 38.7 Å². The number of aryl methyl sites for hydroxylation is 1. The first-order chi connectivity index (χ1) is 14.3. The normalized spacial score (nSPS) is 11.2. The highest BCUT2D eigenvalue weighted by Gasteiger charge is 2.19. The van der Waals surface area contributed by atoms with E-state index in [1.54, 1.807) is 7.05 Å². The van der Waals surface area contributed by atoms with Crippen LogP contribution in [0.1, 0.15) is 11.4 Å². The van der Waals surface area contributed by atoms with E-state index in [-0.39, 0.29) is 23.9 Å². The minimum Gasteiger partial charge on any atom is -0.257 e. The van der Waals surface area contributed by atoms with Gasteiger partial charge in [0.15, 0.2) is 17.5 Å². The molecule has 0 amide bonds. The van der Waals surface area contributed by atoms with Gasteiger partial charge in [-0.2, -0.15) is 15.2 Å². The van der Waals surface area contributed by atoms with E-state index in [2.05, 4.69) is 20.2 Å². The maximum Gasteiger partial charge on any atom is 0.355 e. The summed E-state index contributed by atoms with van der Waals surface area (Å²) in [6.07, 6.45) is 4.20. The lowest BCUT2D eigenvalue weighted by Crippen LogP contribution is -2.44. The molecule has 4 aromatic rings. The van der Waals surface area contributed by atoms with Gasteiger partial charge >= 0.3 is 11.4 Å². The van der Waals surface area contributed by atoms with Gasteiger partial charge in [-0.3, -0.25) is 9.25 Å². The molecule has 0 saturated carbocycles. The van der Waals surface area contributed by atoms with Crippen LogP contribution in [0.5, 0.6) is 0 Å². The molecule has 3 heterocycles. The molecular weight excluding hydrogens is 405 g/mol. The Morgan fingerprint density at radius 1 is 1.00 bits per heavy atom. The molecule has 3 aromatic heterocycles. The highest BCUT2D eigenvalue weighted by molar-refractivity contribution is 5.22. The third-order valence-electron chi connectivity index (χ3n) is 4.20. The monoisotopic (exact) mass is 418 g/mol. The molecule has 0 unspecified atom stereocenters. The number of hydrogen-bond acceptors (Lipinski definition) is 6. The Hall–Kier alpha value is -4.03. The quantitative estimate of drug-likeness (QED) is 0.430. The predicted molar refractivity (Wildman–Crippen MR) is 95.4 cm³/mol. The van der Waals surface area contributed by atoms with Crippen molar-refractivity contribution in [3.63, 3.8) is 0 Å². The molecule has 0 aliphatic carbocycles. The standard InChI is InChI=1S/C17H13F3N8O2/c1-25-9-21-14(24-25)8-27-16(29)23-15(28-4-2-3-22-28)26(17(27)30)7-10-5-12(19)13(20)6-11(10)18/h2-6,9H,7-8H2,1H3. The fraction of sp³-hybridized carbons (Fsp3) is 0.176. The summed E-state index contributed by atoms with van der Waals surface area (Å²) in [6.45, 7) is -0.814. The van der Waals surface area contributed by atoms with E-state index < -0.39 is 35.4 Å². The summed E-state index contributed by atoms with van der Waals surface area (Å²) in [5.74, 6) is -3.74. The first-order valence-corrected chi connectivity index (χ1v) is 8.53. The van der Waals surface area contributed by atoms with Gasteiger partial charge in [-0.05, 0) is 12.1 Å². The van der Waals surface area contributed by atoms with Crippen molar-refractivity contribution in [1.82, 2.24) is 38.7 Å². The van der Waals surface area contributed by atoms with Gasteiger partial charge in [0, 0.05) is 31.1 Å². The molecule has 13 heteroatoms. The average Bonchev–Trinajstić information content (AvgIpc) is 3.37. The van der Waals surface area contributed by atoms with Crippen molar-refractivity contribution in [2.24, 2.45) is 7.05 Å². The van der Waals surface area contributed by atoms with Crippen LogP contribution in [0.15, 0.2) is 46.5 Å². The summed E-state index contributed by atoms with van der Waals surface area (Å²) >= 11 is 0. The highest BCUT2D eigenvalue weighted by Crippen LogP contribution is 2.15. The molecule has 0 spiro atoms. The summed E-state index contributed by atoms with van der Waals surface area (Å²) in [5.41, 5.74) is -2.09. The van der Waals surface area contributed by atoms with E-state index in [0.29, 0.717) is 12.1 Å². The van der Waals surface area contributed by atoms with E-state index >= 15 is 0 Å². The van der Waals surface area contributed by atoms with Crippen molar-refractivity contribution in [1.29, 1.82) is 0 Å². The molecule has 0 aliphatic rings. The Balaban J connectivity index is 1.88. The Morgan fingerprint density at radius 2 is 1.77 bits per heavy atom. The minimum atomic E-state index is -1.36. The van der Waals surface area contributed by atoms with Gasteiger partial charge < -0.3 is 0 Å².